The van der Waals surface area contributed by atoms with Gasteiger partial charge in [-0.15, -0.1) is 0 Å². The summed E-state index contributed by atoms with van der Waals surface area (Å²) in [6.45, 7) is 3.91. The van der Waals surface area contributed by atoms with Crippen molar-refractivity contribution < 1.29 is 9.72 Å². The van der Waals surface area contributed by atoms with Gasteiger partial charge >= 0.3 is 0 Å². The molecule has 21 heavy (non-hydrogen) atoms. The summed E-state index contributed by atoms with van der Waals surface area (Å²) in [5, 5.41) is 16.9. The van der Waals surface area contributed by atoms with Crippen LogP contribution in [0.15, 0.2) is 18.2 Å². The fraction of sp³-hybridized carbons (Fsp3) is 0.500. The Kier molecular flexibility index (Phi) is 3.50. The Balaban J connectivity index is 1.90. The van der Waals surface area contributed by atoms with E-state index in [-0.39, 0.29) is 11.3 Å². The largest absolute Gasteiger partial charge is 0.371 e. The Labute approximate surface area is 122 Å². The number of fused-ring (bicyclic) bond motifs is 1. The number of nitro groups is 1. The van der Waals surface area contributed by atoms with E-state index in [4.69, 9.17) is 0 Å². The standard InChI is InChI=1S/C14H18N4O3/c1-15-14(19)12-4-11(2-3-13(12)18(20)21)17-7-9-5-16-6-10(9)8-17/h2-4,9-10,16H,5-8H2,1H3,(H,15,19). The molecular formula is C14H18N4O3. The molecule has 7 nitrogen and oxygen atoms in total. The average Bonchev–Trinajstić information content (AvgIpc) is 3.06. The van der Waals surface area contributed by atoms with Gasteiger partial charge in [-0.05, 0) is 24.0 Å². The number of amides is 1. The van der Waals surface area contributed by atoms with Crippen molar-refractivity contribution in [3.63, 3.8) is 0 Å². The maximum Gasteiger partial charge on any atom is 0.282 e. The fourth-order valence-electron chi connectivity index (χ4n) is 3.26. The van der Waals surface area contributed by atoms with Gasteiger partial charge in [0.15, 0.2) is 0 Å². The van der Waals surface area contributed by atoms with E-state index in [0.29, 0.717) is 11.8 Å². The molecule has 112 valence electrons. The Hall–Kier alpha value is -2.15. The Morgan fingerprint density at radius 2 is 2.05 bits per heavy atom. The van der Waals surface area contributed by atoms with Gasteiger partial charge in [-0.25, -0.2) is 0 Å². The molecule has 2 saturated heterocycles. The topological polar surface area (TPSA) is 87.5 Å². The van der Waals surface area contributed by atoms with Crippen molar-refractivity contribution in [3.8, 4) is 0 Å². The summed E-state index contributed by atoms with van der Waals surface area (Å²) in [7, 11) is 1.48. The van der Waals surface area contributed by atoms with Gasteiger partial charge in [-0.3, -0.25) is 14.9 Å². The van der Waals surface area contributed by atoms with Crippen molar-refractivity contribution in [2.75, 3.05) is 38.1 Å². The molecule has 0 spiro atoms. The lowest BCUT2D eigenvalue weighted by atomic mass is 10.0. The normalized spacial score (nSPS) is 24.0. The smallest absolute Gasteiger partial charge is 0.282 e. The van der Waals surface area contributed by atoms with Gasteiger partial charge in [0.2, 0.25) is 0 Å². The third-order valence-corrected chi connectivity index (χ3v) is 4.40. The molecule has 2 N–H and O–H groups in total. The van der Waals surface area contributed by atoms with Crippen LogP contribution >= 0.6 is 0 Å². The number of nitro benzene ring substituents is 1. The van der Waals surface area contributed by atoms with Gasteiger partial charge in [-0.1, -0.05) is 0 Å². The van der Waals surface area contributed by atoms with Crippen molar-refractivity contribution >= 4 is 17.3 Å². The van der Waals surface area contributed by atoms with E-state index < -0.39 is 10.8 Å². The maximum absolute atomic E-state index is 11.9. The summed E-state index contributed by atoms with van der Waals surface area (Å²) < 4.78 is 0. The molecule has 7 heteroatoms. The lowest BCUT2D eigenvalue weighted by Crippen LogP contribution is -2.26. The average molecular weight is 290 g/mol. The van der Waals surface area contributed by atoms with Crippen LogP contribution in [0.1, 0.15) is 10.4 Å². The molecule has 1 amide bonds. The van der Waals surface area contributed by atoms with E-state index in [1.54, 1.807) is 12.1 Å². The number of carbonyl (C=O) groups excluding carboxylic acids is 1. The lowest BCUT2D eigenvalue weighted by molar-refractivity contribution is -0.385. The predicted octanol–water partition coefficient (Wildman–Crippen LogP) is 0.610. The van der Waals surface area contributed by atoms with Gasteiger partial charge in [0, 0.05) is 45.0 Å². The SMILES string of the molecule is CNC(=O)c1cc(N2CC3CNCC3C2)ccc1[N+](=O)[O-]. The van der Waals surface area contributed by atoms with Crippen LogP contribution in [-0.2, 0) is 0 Å². The molecular weight excluding hydrogens is 272 g/mol. The first-order chi connectivity index (χ1) is 10.1. The molecule has 0 radical (unpaired) electrons. The number of nitrogens with zero attached hydrogens (tertiary/aromatic N) is 2. The van der Waals surface area contributed by atoms with Crippen LogP contribution in [0.4, 0.5) is 11.4 Å². The zero-order valence-corrected chi connectivity index (χ0v) is 11.8. The van der Waals surface area contributed by atoms with Crippen molar-refractivity contribution in [1.82, 2.24) is 10.6 Å². The third-order valence-electron chi connectivity index (χ3n) is 4.40. The van der Waals surface area contributed by atoms with Gasteiger partial charge in [0.1, 0.15) is 5.56 Å². The summed E-state index contributed by atoms with van der Waals surface area (Å²) in [4.78, 5) is 24.6. The second-order valence-corrected chi connectivity index (χ2v) is 5.62. The summed E-state index contributed by atoms with van der Waals surface area (Å²) in [6, 6.07) is 4.79. The number of carbonyl (C=O) groups is 1. The van der Waals surface area contributed by atoms with Crippen LogP contribution in [0.2, 0.25) is 0 Å². The predicted molar refractivity (Wildman–Crippen MR) is 78.5 cm³/mol. The van der Waals surface area contributed by atoms with E-state index in [2.05, 4.69) is 15.5 Å². The van der Waals surface area contributed by atoms with Crippen LogP contribution in [0.5, 0.6) is 0 Å². The molecule has 0 aliphatic carbocycles. The highest BCUT2D eigenvalue weighted by atomic mass is 16.6. The Morgan fingerprint density at radius 3 is 2.62 bits per heavy atom. The van der Waals surface area contributed by atoms with Crippen molar-refractivity contribution in [1.29, 1.82) is 0 Å². The van der Waals surface area contributed by atoms with E-state index in [1.807, 2.05) is 0 Å². The van der Waals surface area contributed by atoms with Crippen molar-refractivity contribution in [2.45, 2.75) is 0 Å². The molecule has 2 heterocycles. The second kappa shape index (κ2) is 5.33. The summed E-state index contributed by atoms with van der Waals surface area (Å²) in [6.07, 6.45) is 0. The first-order valence-corrected chi connectivity index (χ1v) is 7.06. The number of nitrogens with one attached hydrogen (secondary N) is 2. The summed E-state index contributed by atoms with van der Waals surface area (Å²) >= 11 is 0. The van der Waals surface area contributed by atoms with Gasteiger partial charge in [-0.2, -0.15) is 0 Å². The number of rotatable bonds is 3. The molecule has 2 aliphatic heterocycles. The molecule has 0 bridgehead atoms. The molecule has 1 aromatic rings. The van der Waals surface area contributed by atoms with Crippen LogP contribution in [0.3, 0.4) is 0 Å². The lowest BCUT2D eigenvalue weighted by Gasteiger charge is -2.20. The minimum Gasteiger partial charge on any atom is -0.371 e. The van der Waals surface area contributed by atoms with E-state index in [1.165, 1.54) is 13.1 Å². The quantitative estimate of drug-likeness (QED) is 0.629. The zero-order chi connectivity index (χ0) is 15.0. The maximum atomic E-state index is 11.9. The molecule has 2 atom stereocenters. The van der Waals surface area contributed by atoms with Gasteiger partial charge < -0.3 is 15.5 Å². The minimum absolute atomic E-state index is 0.121. The minimum atomic E-state index is -0.517. The van der Waals surface area contributed by atoms with E-state index in [0.717, 1.165) is 31.9 Å². The van der Waals surface area contributed by atoms with Crippen LogP contribution in [-0.4, -0.2) is 44.1 Å². The molecule has 3 rings (SSSR count). The molecule has 0 aromatic heterocycles. The number of hydrogen-bond acceptors (Lipinski definition) is 5. The number of benzene rings is 1. The number of hydrogen-bond donors (Lipinski definition) is 2. The highest BCUT2D eigenvalue weighted by Crippen LogP contribution is 2.32. The molecule has 2 unspecified atom stereocenters. The first-order valence-electron chi connectivity index (χ1n) is 7.06. The fourth-order valence-corrected chi connectivity index (χ4v) is 3.26. The van der Waals surface area contributed by atoms with E-state index in [9.17, 15) is 14.9 Å². The summed E-state index contributed by atoms with van der Waals surface area (Å²) in [5.74, 6) is 0.830. The highest BCUT2D eigenvalue weighted by molar-refractivity contribution is 5.99. The van der Waals surface area contributed by atoms with Crippen molar-refractivity contribution in [3.05, 3.63) is 33.9 Å². The summed E-state index contributed by atoms with van der Waals surface area (Å²) in [5.41, 5.74) is 0.850. The molecule has 2 fully saturated rings. The monoisotopic (exact) mass is 290 g/mol. The third kappa shape index (κ3) is 2.44. The van der Waals surface area contributed by atoms with Gasteiger partial charge in [0.25, 0.3) is 11.6 Å². The zero-order valence-electron chi connectivity index (χ0n) is 11.8. The molecule has 2 aliphatic rings. The molecule has 0 saturated carbocycles. The van der Waals surface area contributed by atoms with E-state index >= 15 is 0 Å². The Bertz CT molecular complexity index is 578. The molecule has 1 aromatic carbocycles. The van der Waals surface area contributed by atoms with Crippen LogP contribution in [0, 0.1) is 22.0 Å². The van der Waals surface area contributed by atoms with Gasteiger partial charge in [0.05, 0.1) is 4.92 Å². The second-order valence-electron chi connectivity index (χ2n) is 5.62. The first kappa shape index (κ1) is 13.8. The highest BCUT2D eigenvalue weighted by Gasteiger charge is 2.36. The van der Waals surface area contributed by atoms with Crippen LogP contribution in [0.25, 0.3) is 0 Å². The number of anilines is 1. The van der Waals surface area contributed by atoms with Crippen LogP contribution < -0.4 is 15.5 Å². The Morgan fingerprint density at radius 1 is 1.38 bits per heavy atom. The van der Waals surface area contributed by atoms with Crippen molar-refractivity contribution in [2.24, 2.45) is 11.8 Å².